The third kappa shape index (κ3) is 4.27. The van der Waals surface area contributed by atoms with Crippen LogP contribution >= 0.6 is 0 Å². The second-order valence-electron chi connectivity index (χ2n) is 15.1. The summed E-state index contributed by atoms with van der Waals surface area (Å²) in [4.78, 5) is 15.2. The predicted octanol–water partition coefficient (Wildman–Crippen LogP) is 13.4. The molecule has 3 aromatic heterocycles. The van der Waals surface area contributed by atoms with Crippen molar-refractivity contribution >= 4 is 65.2 Å². The van der Waals surface area contributed by atoms with Gasteiger partial charge in [-0.1, -0.05) is 140 Å². The Kier molecular flexibility index (Phi) is 6.38. The van der Waals surface area contributed by atoms with Gasteiger partial charge in [0.15, 0.2) is 17.5 Å². The fraction of sp³-hybridized carbons (Fsp3) is 0. The van der Waals surface area contributed by atoms with Crippen molar-refractivity contribution in [3.63, 3.8) is 0 Å². The average molecular weight is 738 g/mol. The molecular formula is C53H31N5. The third-order valence-electron chi connectivity index (χ3n) is 12.1. The number of rotatable bonds is 5. The molecule has 5 nitrogen and oxygen atoms in total. The first kappa shape index (κ1) is 31.3. The van der Waals surface area contributed by atoms with Crippen LogP contribution in [0.3, 0.4) is 0 Å². The van der Waals surface area contributed by atoms with E-state index in [-0.39, 0.29) is 0 Å². The van der Waals surface area contributed by atoms with Gasteiger partial charge in [0.25, 0.3) is 0 Å². The fourth-order valence-corrected chi connectivity index (χ4v) is 9.68. The summed E-state index contributed by atoms with van der Waals surface area (Å²) in [5, 5.41) is 9.97. The molecule has 0 N–H and O–H groups in total. The van der Waals surface area contributed by atoms with Gasteiger partial charge in [-0.2, -0.15) is 0 Å². The molecule has 268 valence electrons. The van der Waals surface area contributed by atoms with Crippen molar-refractivity contribution in [2.45, 2.75) is 0 Å². The Balaban J connectivity index is 1.11. The van der Waals surface area contributed by atoms with Crippen LogP contribution < -0.4 is 0 Å². The summed E-state index contributed by atoms with van der Waals surface area (Å²) < 4.78 is 4.92. The highest BCUT2D eigenvalue weighted by Gasteiger charge is 2.27. The quantitative estimate of drug-likeness (QED) is 0.177. The van der Waals surface area contributed by atoms with Crippen molar-refractivity contribution in [1.29, 1.82) is 0 Å². The number of hydrogen-bond acceptors (Lipinski definition) is 3. The Morgan fingerprint density at radius 2 is 0.793 bits per heavy atom. The van der Waals surface area contributed by atoms with Crippen molar-refractivity contribution in [3.05, 3.63) is 188 Å². The molecule has 0 amide bonds. The van der Waals surface area contributed by atoms with Crippen LogP contribution in [0.1, 0.15) is 0 Å². The smallest absolute Gasteiger partial charge is 0.164 e. The number of para-hydroxylation sites is 1. The zero-order valence-corrected chi connectivity index (χ0v) is 31.1. The number of nitrogens with zero attached hydrogens (tertiary/aromatic N) is 5. The molecule has 0 bridgehead atoms. The molecule has 3 heterocycles. The molecule has 0 fully saturated rings. The molecule has 0 atom stereocenters. The van der Waals surface area contributed by atoms with Gasteiger partial charge in [-0.25, -0.2) is 15.0 Å². The van der Waals surface area contributed by atoms with Crippen molar-refractivity contribution in [1.82, 2.24) is 24.1 Å². The third-order valence-corrected chi connectivity index (χ3v) is 12.1. The number of aromatic nitrogens is 5. The first-order valence-electron chi connectivity index (χ1n) is 19.7. The maximum absolute atomic E-state index is 5.13. The largest absolute Gasteiger partial charge is 0.309 e. The maximum Gasteiger partial charge on any atom is 0.164 e. The number of benzene rings is 9. The van der Waals surface area contributed by atoms with E-state index in [0.29, 0.717) is 17.5 Å². The summed E-state index contributed by atoms with van der Waals surface area (Å²) in [6, 6.07) is 67.1. The van der Waals surface area contributed by atoms with E-state index in [2.05, 4.69) is 161 Å². The Morgan fingerprint density at radius 3 is 1.41 bits per heavy atom. The molecule has 13 rings (SSSR count). The Morgan fingerprint density at radius 1 is 0.293 bits per heavy atom. The zero-order valence-electron chi connectivity index (χ0n) is 31.1. The summed E-state index contributed by atoms with van der Waals surface area (Å²) in [7, 11) is 0. The minimum atomic E-state index is 0.645. The molecule has 5 heteroatoms. The van der Waals surface area contributed by atoms with Gasteiger partial charge in [0.05, 0.1) is 27.8 Å². The molecule has 0 saturated carbocycles. The highest BCUT2D eigenvalue weighted by atomic mass is 15.0. The van der Waals surface area contributed by atoms with Gasteiger partial charge < -0.3 is 9.13 Å². The number of hydrogen-bond donors (Lipinski definition) is 0. The van der Waals surface area contributed by atoms with Crippen LogP contribution in [0, 0.1) is 0 Å². The Labute approximate surface area is 332 Å². The van der Waals surface area contributed by atoms with E-state index in [9.17, 15) is 0 Å². The van der Waals surface area contributed by atoms with E-state index in [1.165, 1.54) is 71.2 Å². The molecular weight excluding hydrogens is 707 g/mol. The molecule has 1 aliphatic carbocycles. The maximum atomic E-state index is 5.13. The van der Waals surface area contributed by atoms with Gasteiger partial charge in [-0.15, -0.1) is 0 Å². The summed E-state index contributed by atoms with van der Waals surface area (Å²) in [6.45, 7) is 0. The minimum absolute atomic E-state index is 0.645. The molecule has 0 aliphatic heterocycles. The molecule has 0 saturated heterocycles. The fourth-order valence-electron chi connectivity index (χ4n) is 9.68. The zero-order chi connectivity index (χ0) is 37.9. The van der Waals surface area contributed by atoms with E-state index in [0.717, 1.165) is 33.2 Å². The normalized spacial score (nSPS) is 12.1. The van der Waals surface area contributed by atoms with Gasteiger partial charge in [-0.05, 0) is 70.4 Å². The highest BCUT2D eigenvalue weighted by molar-refractivity contribution is 6.38. The van der Waals surface area contributed by atoms with Crippen LogP contribution in [0.4, 0.5) is 0 Å². The SMILES string of the molecule is c1ccc(-c2nc(-c3ccccc3)nc(-c3ccc(-n4c5cccc6c5c5c7c(ccc8c7c7c-6cccc7n8-c6ccccc6)ccc54)c4ccccc34)n2)cc1. The van der Waals surface area contributed by atoms with Crippen molar-refractivity contribution in [2.75, 3.05) is 0 Å². The van der Waals surface area contributed by atoms with Gasteiger partial charge in [0.1, 0.15) is 0 Å². The summed E-state index contributed by atoms with van der Waals surface area (Å²) in [5.74, 6) is 1.94. The van der Waals surface area contributed by atoms with E-state index < -0.39 is 0 Å². The second-order valence-corrected chi connectivity index (χ2v) is 15.1. The summed E-state index contributed by atoms with van der Waals surface area (Å²) in [5.41, 5.74) is 12.5. The lowest BCUT2D eigenvalue weighted by molar-refractivity contribution is 1.08. The van der Waals surface area contributed by atoms with E-state index in [1.807, 2.05) is 36.4 Å². The molecule has 58 heavy (non-hydrogen) atoms. The van der Waals surface area contributed by atoms with Crippen LogP contribution in [0.5, 0.6) is 0 Å². The molecule has 1 aliphatic rings. The molecule has 0 spiro atoms. The van der Waals surface area contributed by atoms with Gasteiger partial charge in [-0.3, -0.25) is 0 Å². The summed E-state index contributed by atoms with van der Waals surface area (Å²) in [6.07, 6.45) is 0. The van der Waals surface area contributed by atoms with Gasteiger partial charge in [0, 0.05) is 54.7 Å². The van der Waals surface area contributed by atoms with Crippen molar-refractivity contribution in [3.8, 4) is 56.7 Å². The van der Waals surface area contributed by atoms with Gasteiger partial charge >= 0.3 is 0 Å². The average Bonchev–Trinajstić information content (AvgIpc) is 3.78. The lowest BCUT2D eigenvalue weighted by Crippen LogP contribution is -2.01. The second kappa shape index (κ2) is 11.8. The minimum Gasteiger partial charge on any atom is -0.309 e. The first-order valence-corrected chi connectivity index (χ1v) is 19.7. The number of fused-ring (bicyclic) bond motifs is 2. The standard InChI is InChI=1S/C53H31N5/c1-4-14-33(15-5-1)51-54-52(34-16-6-2-7-17-34)56-53(55-51)40-28-31-41(37-21-11-10-20-36(37)40)58-43-25-13-23-39-38-22-12-24-42-47(38)49-44(57(42)35-18-8-3-9-19-35)29-26-32-27-30-45(58)50(46(32)49)48(39)43/h1-31H. The topological polar surface area (TPSA) is 48.5 Å². The van der Waals surface area contributed by atoms with Crippen LogP contribution in [0.2, 0.25) is 0 Å². The molecule has 0 unspecified atom stereocenters. The summed E-state index contributed by atoms with van der Waals surface area (Å²) >= 11 is 0. The van der Waals surface area contributed by atoms with E-state index in [1.54, 1.807) is 0 Å². The van der Waals surface area contributed by atoms with Gasteiger partial charge in [0.2, 0.25) is 0 Å². The predicted molar refractivity (Wildman–Crippen MR) is 239 cm³/mol. The van der Waals surface area contributed by atoms with Crippen LogP contribution in [-0.2, 0) is 0 Å². The molecule has 9 aromatic carbocycles. The lowest BCUT2D eigenvalue weighted by Gasteiger charge is -2.16. The first-order chi connectivity index (χ1) is 28.8. The van der Waals surface area contributed by atoms with E-state index >= 15 is 0 Å². The lowest BCUT2D eigenvalue weighted by atomic mass is 9.98. The van der Waals surface area contributed by atoms with Crippen molar-refractivity contribution < 1.29 is 0 Å². The monoisotopic (exact) mass is 737 g/mol. The van der Waals surface area contributed by atoms with Crippen LogP contribution in [-0.4, -0.2) is 24.1 Å². The Hall–Kier alpha value is -7.89. The molecule has 12 aromatic rings. The molecule has 0 radical (unpaired) electrons. The van der Waals surface area contributed by atoms with Crippen molar-refractivity contribution in [2.24, 2.45) is 0 Å². The van der Waals surface area contributed by atoms with Crippen LogP contribution in [0.25, 0.3) is 122 Å². The van der Waals surface area contributed by atoms with E-state index in [4.69, 9.17) is 15.0 Å². The highest BCUT2D eigenvalue weighted by Crippen LogP contribution is 2.51. The Bertz CT molecular complexity index is 3600. The van der Waals surface area contributed by atoms with Crippen LogP contribution in [0.15, 0.2) is 188 Å².